The Balaban J connectivity index is 1.57. The van der Waals surface area contributed by atoms with Crippen molar-refractivity contribution in [3.05, 3.63) is 83.6 Å². The molecule has 1 unspecified atom stereocenters. The number of carbonyl (C=O) groups excluding carboxylic acids is 1. The van der Waals surface area contributed by atoms with E-state index in [9.17, 15) is 14.7 Å². The van der Waals surface area contributed by atoms with E-state index in [0.717, 1.165) is 39.6 Å². The minimum atomic E-state index is -1.10. The predicted octanol–water partition coefficient (Wildman–Crippen LogP) is 4.61. The van der Waals surface area contributed by atoms with Crippen LogP contribution < -0.4 is 10.1 Å². The number of hydrogen-bond acceptors (Lipinski definition) is 4. The second-order valence-corrected chi connectivity index (χ2v) is 7.59. The van der Waals surface area contributed by atoms with E-state index in [1.54, 1.807) is 18.2 Å². The molecule has 4 rings (SSSR count). The van der Waals surface area contributed by atoms with E-state index in [2.05, 4.69) is 15.5 Å². The van der Waals surface area contributed by atoms with Crippen LogP contribution in [0.1, 0.15) is 21.6 Å². The van der Waals surface area contributed by atoms with Crippen molar-refractivity contribution in [3.8, 4) is 16.9 Å². The number of H-pyrrole nitrogens is 1. The number of hydrogen-bond donors (Lipinski definition) is 3. The van der Waals surface area contributed by atoms with E-state index < -0.39 is 12.1 Å². The summed E-state index contributed by atoms with van der Waals surface area (Å²) in [6, 6.07) is 20.3. The number of fused-ring (bicyclic) bond motifs is 1. The van der Waals surface area contributed by atoms with Crippen LogP contribution in [0.25, 0.3) is 22.0 Å². The summed E-state index contributed by atoms with van der Waals surface area (Å²) < 4.78 is 5.94. The number of rotatable bonds is 8. The first kappa shape index (κ1) is 21.1. The number of carbonyl (C=O) groups is 2. The van der Waals surface area contributed by atoms with E-state index in [-0.39, 0.29) is 6.61 Å². The molecule has 0 aliphatic carbocycles. The molecular weight excluding hydrogens is 406 g/mol. The summed E-state index contributed by atoms with van der Waals surface area (Å²) in [5.74, 6) is 0.555. The van der Waals surface area contributed by atoms with Gasteiger partial charge in [-0.15, -0.1) is 0 Å². The van der Waals surface area contributed by atoms with Gasteiger partial charge >= 0.3 is 6.09 Å². The van der Waals surface area contributed by atoms with Crippen molar-refractivity contribution in [2.45, 2.75) is 19.4 Å². The van der Waals surface area contributed by atoms with E-state index in [4.69, 9.17) is 4.74 Å². The summed E-state index contributed by atoms with van der Waals surface area (Å²) in [6.07, 6.45) is 0.216. The average molecular weight is 429 g/mol. The first-order chi connectivity index (χ1) is 15.5. The molecule has 162 valence electrons. The van der Waals surface area contributed by atoms with Crippen LogP contribution in [0.15, 0.2) is 66.7 Å². The maximum Gasteiger partial charge on any atom is 0.405 e. The van der Waals surface area contributed by atoms with Crippen LogP contribution in [-0.2, 0) is 6.42 Å². The quantitative estimate of drug-likeness (QED) is 0.355. The SMILES string of the molecule is Cc1[nH]nc2ccc(-c3cc(OCC(Cc4ccccc4)NC(=O)O)ccc3C=O)cc12. The van der Waals surface area contributed by atoms with Gasteiger partial charge in [-0.25, -0.2) is 4.79 Å². The number of aldehydes is 1. The normalized spacial score (nSPS) is 11.8. The highest BCUT2D eigenvalue weighted by atomic mass is 16.5. The zero-order valence-electron chi connectivity index (χ0n) is 17.5. The number of aromatic nitrogens is 2. The molecule has 0 radical (unpaired) electrons. The number of ether oxygens (including phenoxy) is 1. The largest absolute Gasteiger partial charge is 0.491 e. The van der Waals surface area contributed by atoms with E-state index in [1.807, 2.05) is 55.5 Å². The van der Waals surface area contributed by atoms with Crippen LogP contribution in [0, 0.1) is 6.92 Å². The van der Waals surface area contributed by atoms with Crippen molar-refractivity contribution in [2.75, 3.05) is 6.61 Å². The van der Waals surface area contributed by atoms with Gasteiger partial charge < -0.3 is 15.2 Å². The molecule has 0 spiro atoms. The lowest BCUT2D eigenvalue weighted by Gasteiger charge is -2.18. The summed E-state index contributed by atoms with van der Waals surface area (Å²) in [7, 11) is 0. The number of nitrogens with zero attached hydrogens (tertiary/aromatic N) is 1. The number of benzene rings is 3. The smallest absolute Gasteiger partial charge is 0.405 e. The van der Waals surface area contributed by atoms with E-state index >= 15 is 0 Å². The van der Waals surface area contributed by atoms with Gasteiger partial charge in [0, 0.05) is 16.6 Å². The van der Waals surface area contributed by atoms with E-state index in [1.165, 1.54) is 0 Å². The van der Waals surface area contributed by atoms with Crippen molar-refractivity contribution in [2.24, 2.45) is 0 Å². The molecule has 1 aromatic heterocycles. The Labute approximate surface area is 185 Å². The van der Waals surface area contributed by atoms with Gasteiger partial charge in [0.05, 0.1) is 11.6 Å². The highest BCUT2D eigenvalue weighted by Gasteiger charge is 2.15. The summed E-state index contributed by atoms with van der Waals surface area (Å²) in [6.45, 7) is 2.10. The lowest BCUT2D eigenvalue weighted by Crippen LogP contribution is -2.39. The fourth-order valence-corrected chi connectivity index (χ4v) is 3.71. The van der Waals surface area contributed by atoms with Gasteiger partial charge in [0.25, 0.3) is 0 Å². The first-order valence-electron chi connectivity index (χ1n) is 10.2. The lowest BCUT2D eigenvalue weighted by molar-refractivity contribution is 0.112. The second-order valence-electron chi connectivity index (χ2n) is 7.59. The third-order valence-electron chi connectivity index (χ3n) is 5.31. The molecule has 4 aromatic rings. The molecule has 0 aliphatic heterocycles. The highest BCUT2D eigenvalue weighted by molar-refractivity contribution is 5.92. The molecule has 1 amide bonds. The molecular formula is C25H23N3O4. The summed E-state index contributed by atoms with van der Waals surface area (Å²) in [5, 5.41) is 19.9. The van der Waals surface area contributed by atoms with Crippen molar-refractivity contribution < 1.29 is 19.4 Å². The molecule has 7 nitrogen and oxygen atoms in total. The van der Waals surface area contributed by atoms with Crippen LogP contribution in [-0.4, -0.2) is 40.3 Å². The van der Waals surface area contributed by atoms with Crippen LogP contribution in [0.3, 0.4) is 0 Å². The molecule has 0 fully saturated rings. The average Bonchev–Trinajstić information content (AvgIpc) is 3.17. The van der Waals surface area contributed by atoms with Gasteiger partial charge in [0.1, 0.15) is 12.4 Å². The molecule has 7 heteroatoms. The van der Waals surface area contributed by atoms with Crippen molar-refractivity contribution in [1.29, 1.82) is 0 Å². The van der Waals surface area contributed by atoms with Crippen molar-refractivity contribution >= 4 is 23.3 Å². The Morgan fingerprint density at radius 3 is 2.72 bits per heavy atom. The minimum absolute atomic E-state index is 0.154. The van der Waals surface area contributed by atoms with Gasteiger partial charge in [-0.1, -0.05) is 36.4 Å². The molecule has 0 saturated carbocycles. The zero-order valence-corrected chi connectivity index (χ0v) is 17.5. The lowest BCUT2D eigenvalue weighted by atomic mass is 9.98. The number of carboxylic acid groups (broad SMARTS) is 1. The predicted molar refractivity (Wildman–Crippen MR) is 122 cm³/mol. The molecule has 1 heterocycles. The van der Waals surface area contributed by atoms with Crippen LogP contribution in [0.4, 0.5) is 4.79 Å². The van der Waals surface area contributed by atoms with Crippen molar-refractivity contribution in [3.63, 3.8) is 0 Å². The number of nitrogens with one attached hydrogen (secondary N) is 2. The molecule has 0 aliphatic rings. The second kappa shape index (κ2) is 9.34. The Hall–Kier alpha value is -4.13. The minimum Gasteiger partial charge on any atom is -0.491 e. The van der Waals surface area contributed by atoms with Gasteiger partial charge in [-0.3, -0.25) is 9.89 Å². The monoisotopic (exact) mass is 429 g/mol. The van der Waals surface area contributed by atoms with Crippen LogP contribution in [0.2, 0.25) is 0 Å². The Bertz CT molecular complexity index is 1250. The maximum atomic E-state index is 11.6. The fourth-order valence-electron chi connectivity index (χ4n) is 3.71. The first-order valence-corrected chi connectivity index (χ1v) is 10.2. The fraction of sp³-hybridized carbons (Fsp3) is 0.160. The molecule has 32 heavy (non-hydrogen) atoms. The van der Waals surface area contributed by atoms with Crippen LogP contribution in [0.5, 0.6) is 5.75 Å². The van der Waals surface area contributed by atoms with E-state index in [0.29, 0.717) is 17.7 Å². The molecule has 3 N–H and O–H groups in total. The summed E-state index contributed by atoms with van der Waals surface area (Å²) in [5.41, 5.74) is 4.98. The number of aromatic amines is 1. The summed E-state index contributed by atoms with van der Waals surface area (Å²) >= 11 is 0. The van der Waals surface area contributed by atoms with Crippen molar-refractivity contribution in [1.82, 2.24) is 15.5 Å². The Morgan fingerprint density at radius 2 is 1.97 bits per heavy atom. The highest BCUT2D eigenvalue weighted by Crippen LogP contribution is 2.30. The Kier molecular flexibility index (Phi) is 6.17. The number of aryl methyl sites for hydroxylation is 1. The summed E-state index contributed by atoms with van der Waals surface area (Å²) in [4.78, 5) is 22.9. The Morgan fingerprint density at radius 1 is 1.16 bits per heavy atom. The number of amides is 1. The van der Waals surface area contributed by atoms with Gasteiger partial charge in [-0.2, -0.15) is 5.10 Å². The third-order valence-corrected chi connectivity index (χ3v) is 5.31. The molecule has 0 saturated heterocycles. The zero-order chi connectivity index (χ0) is 22.5. The van der Waals surface area contributed by atoms with Gasteiger partial charge in [0.15, 0.2) is 6.29 Å². The molecule has 1 atom stereocenters. The van der Waals surface area contributed by atoms with Crippen LogP contribution >= 0.6 is 0 Å². The van der Waals surface area contributed by atoms with Gasteiger partial charge in [0.2, 0.25) is 0 Å². The maximum absolute atomic E-state index is 11.6. The standard InChI is InChI=1S/C25H23N3O4/c1-16-22-12-18(8-10-24(22)28-27-16)23-13-21(9-7-19(23)14-29)32-15-20(26-25(30)31)11-17-5-3-2-4-6-17/h2-10,12-14,20,26H,11,15H2,1H3,(H,27,28)(H,30,31). The molecule has 0 bridgehead atoms. The topological polar surface area (TPSA) is 104 Å². The third kappa shape index (κ3) is 4.78. The molecule has 3 aromatic carbocycles. The van der Waals surface area contributed by atoms with Gasteiger partial charge in [-0.05, 0) is 60.4 Å².